The molecule has 7 heteroatoms. The Morgan fingerprint density at radius 3 is 2.81 bits per heavy atom. The number of thiophene rings is 1. The SMILES string of the molecule is CCCN(C(=O)CCc1nc(-c2cccs2)no1)C(C)c1ccccc1Br. The quantitative estimate of drug-likeness (QED) is 0.457. The zero-order valence-corrected chi connectivity index (χ0v) is 17.8. The van der Waals surface area contributed by atoms with Crippen LogP contribution in [0, 0.1) is 0 Å². The van der Waals surface area contributed by atoms with Crippen LogP contribution in [-0.2, 0) is 11.2 Å². The lowest BCUT2D eigenvalue weighted by atomic mass is 10.1. The maximum absolute atomic E-state index is 12.9. The number of aromatic nitrogens is 2. The Labute approximate surface area is 171 Å². The second kappa shape index (κ2) is 9.28. The zero-order valence-electron chi connectivity index (χ0n) is 15.4. The Morgan fingerprint density at radius 1 is 1.30 bits per heavy atom. The van der Waals surface area contributed by atoms with Gasteiger partial charge in [0.05, 0.1) is 10.9 Å². The highest BCUT2D eigenvalue weighted by Crippen LogP contribution is 2.28. The number of halogens is 1. The molecule has 0 spiro atoms. The molecule has 0 aliphatic heterocycles. The molecule has 3 rings (SSSR count). The van der Waals surface area contributed by atoms with Crippen LogP contribution in [0.15, 0.2) is 50.8 Å². The van der Waals surface area contributed by atoms with Crippen LogP contribution in [0.3, 0.4) is 0 Å². The fourth-order valence-corrected chi connectivity index (χ4v) is 4.24. The molecular formula is C20H22BrN3O2S. The number of carbonyl (C=O) groups excluding carboxylic acids is 1. The van der Waals surface area contributed by atoms with Gasteiger partial charge in [-0.2, -0.15) is 4.98 Å². The minimum atomic E-state index is -0.00242. The van der Waals surface area contributed by atoms with Crippen molar-refractivity contribution in [2.45, 2.75) is 39.2 Å². The number of aryl methyl sites for hydroxylation is 1. The molecule has 0 bridgehead atoms. The van der Waals surface area contributed by atoms with Crippen molar-refractivity contribution in [1.82, 2.24) is 15.0 Å². The van der Waals surface area contributed by atoms with Crippen LogP contribution < -0.4 is 0 Å². The Hall–Kier alpha value is -1.99. The number of rotatable bonds is 8. The summed E-state index contributed by atoms with van der Waals surface area (Å²) in [6.07, 6.45) is 1.70. The van der Waals surface area contributed by atoms with Crippen LogP contribution in [0.1, 0.15) is 44.2 Å². The third-order valence-electron chi connectivity index (χ3n) is 4.37. The van der Waals surface area contributed by atoms with Gasteiger partial charge in [0.15, 0.2) is 0 Å². The van der Waals surface area contributed by atoms with Crippen molar-refractivity contribution >= 4 is 33.2 Å². The molecular weight excluding hydrogens is 426 g/mol. The Kier molecular flexibility index (Phi) is 6.79. The van der Waals surface area contributed by atoms with E-state index in [4.69, 9.17) is 4.52 Å². The fourth-order valence-electron chi connectivity index (χ4n) is 2.98. The first kappa shape index (κ1) is 19.8. The highest BCUT2D eigenvalue weighted by molar-refractivity contribution is 9.10. The van der Waals surface area contributed by atoms with Gasteiger partial charge >= 0.3 is 0 Å². The Balaban J connectivity index is 1.66. The minimum absolute atomic E-state index is 0.00242. The summed E-state index contributed by atoms with van der Waals surface area (Å²) in [6, 6.07) is 11.9. The predicted molar refractivity (Wildman–Crippen MR) is 110 cm³/mol. The van der Waals surface area contributed by atoms with E-state index in [-0.39, 0.29) is 11.9 Å². The summed E-state index contributed by atoms with van der Waals surface area (Å²) < 4.78 is 6.33. The standard InChI is InChI=1S/C20H22BrN3O2S/c1-3-12-24(14(2)15-7-4-5-8-16(15)21)19(25)11-10-18-22-20(23-26-18)17-9-6-13-27-17/h4-9,13-14H,3,10-12H2,1-2H3. The van der Waals surface area contributed by atoms with Crippen molar-refractivity contribution in [2.24, 2.45) is 0 Å². The molecule has 0 N–H and O–H groups in total. The highest BCUT2D eigenvalue weighted by atomic mass is 79.9. The Morgan fingerprint density at radius 2 is 2.11 bits per heavy atom. The molecule has 0 aliphatic rings. The lowest BCUT2D eigenvalue weighted by Crippen LogP contribution is -2.34. The van der Waals surface area contributed by atoms with Crippen molar-refractivity contribution in [3.05, 3.63) is 57.7 Å². The molecule has 27 heavy (non-hydrogen) atoms. The van der Waals surface area contributed by atoms with E-state index < -0.39 is 0 Å². The van der Waals surface area contributed by atoms with Crippen molar-refractivity contribution in [3.63, 3.8) is 0 Å². The van der Waals surface area contributed by atoms with E-state index in [1.54, 1.807) is 11.3 Å². The number of amides is 1. The first-order chi connectivity index (χ1) is 13.1. The summed E-state index contributed by atoms with van der Waals surface area (Å²) in [7, 11) is 0. The molecule has 0 radical (unpaired) electrons. The summed E-state index contributed by atoms with van der Waals surface area (Å²) >= 11 is 5.16. The molecule has 2 aromatic heterocycles. The summed E-state index contributed by atoms with van der Waals surface area (Å²) in [4.78, 5) is 20.2. The van der Waals surface area contributed by atoms with Gasteiger partial charge in [-0.25, -0.2) is 0 Å². The lowest BCUT2D eigenvalue weighted by Gasteiger charge is -2.30. The van der Waals surface area contributed by atoms with Crippen molar-refractivity contribution in [1.29, 1.82) is 0 Å². The number of nitrogens with zero attached hydrogens (tertiary/aromatic N) is 3. The predicted octanol–water partition coefficient (Wildman–Crippen LogP) is 5.49. The first-order valence-electron chi connectivity index (χ1n) is 9.00. The maximum atomic E-state index is 12.9. The third kappa shape index (κ3) is 4.84. The molecule has 3 aromatic rings. The van der Waals surface area contributed by atoms with Crippen LogP contribution in [-0.4, -0.2) is 27.5 Å². The van der Waals surface area contributed by atoms with Gasteiger partial charge in [0.1, 0.15) is 0 Å². The van der Waals surface area contributed by atoms with E-state index in [9.17, 15) is 4.79 Å². The van der Waals surface area contributed by atoms with Gasteiger partial charge < -0.3 is 9.42 Å². The monoisotopic (exact) mass is 447 g/mol. The molecule has 0 saturated heterocycles. The third-order valence-corrected chi connectivity index (χ3v) is 5.96. The topological polar surface area (TPSA) is 59.2 Å². The van der Waals surface area contributed by atoms with E-state index >= 15 is 0 Å². The van der Waals surface area contributed by atoms with Gasteiger partial charge in [-0.3, -0.25) is 4.79 Å². The number of hydrogen-bond donors (Lipinski definition) is 0. The van der Waals surface area contributed by atoms with Crippen LogP contribution in [0.25, 0.3) is 10.7 Å². The van der Waals surface area contributed by atoms with Gasteiger partial charge in [-0.05, 0) is 36.4 Å². The van der Waals surface area contributed by atoms with Gasteiger partial charge in [0.2, 0.25) is 17.6 Å². The van der Waals surface area contributed by atoms with E-state index in [0.29, 0.717) is 31.1 Å². The first-order valence-corrected chi connectivity index (χ1v) is 10.7. The molecule has 1 unspecified atom stereocenters. The van der Waals surface area contributed by atoms with Crippen LogP contribution >= 0.6 is 27.3 Å². The smallest absolute Gasteiger partial charge is 0.227 e. The second-order valence-electron chi connectivity index (χ2n) is 6.27. The zero-order chi connectivity index (χ0) is 19.2. The number of benzene rings is 1. The van der Waals surface area contributed by atoms with Crippen molar-refractivity contribution in [3.8, 4) is 10.7 Å². The van der Waals surface area contributed by atoms with E-state index in [1.807, 2.05) is 40.6 Å². The van der Waals surface area contributed by atoms with Gasteiger partial charge in [0, 0.05) is 23.9 Å². The number of carbonyl (C=O) groups is 1. The molecule has 1 amide bonds. The fraction of sp³-hybridized carbons (Fsp3) is 0.350. The molecule has 1 atom stereocenters. The minimum Gasteiger partial charge on any atom is -0.339 e. The van der Waals surface area contributed by atoms with Gasteiger partial charge in [0.25, 0.3) is 0 Å². The van der Waals surface area contributed by atoms with Gasteiger partial charge in [-0.15, -0.1) is 11.3 Å². The van der Waals surface area contributed by atoms with Crippen LogP contribution in [0.2, 0.25) is 0 Å². The molecule has 2 heterocycles. The molecule has 1 aromatic carbocycles. The Bertz CT molecular complexity index is 879. The average molecular weight is 448 g/mol. The van der Waals surface area contributed by atoms with Crippen LogP contribution in [0.5, 0.6) is 0 Å². The molecule has 0 aliphatic carbocycles. The van der Waals surface area contributed by atoms with Gasteiger partial charge in [-0.1, -0.05) is 52.3 Å². The van der Waals surface area contributed by atoms with E-state index in [0.717, 1.165) is 21.3 Å². The molecule has 5 nitrogen and oxygen atoms in total. The van der Waals surface area contributed by atoms with E-state index in [2.05, 4.69) is 46.0 Å². The largest absolute Gasteiger partial charge is 0.339 e. The highest BCUT2D eigenvalue weighted by Gasteiger charge is 2.22. The molecule has 0 saturated carbocycles. The summed E-state index contributed by atoms with van der Waals surface area (Å²) in [5.74, 6) is 1.17. The second-order valence-corrected chi connectivity index (χ2v) is 8.08. The number of hydrogen-bond acceptors (Lipinski definition) is 5. The summed E-state index contributed by atoms with van der Waals surface area (Å²) in [5, 5.41) is 5.98. The lowest BCUT2D eigenvalue weighted by molar-refractivity contribution is -0.133. The van der Waals surface area contributed by atoms with Crippen molar-refractivity contribution in [2.75, 3.05) is 6.54 Å². The molecule has 0 fully saturated rings. The maximum Gasteiger partial charge on any atom is 0.227 e. The summed E-state index contributed by atoms with van der Waals surface area (Å²) in [5.41, 5.74) is 1.11. The normalized spacial score (nSPS) is 12.1. The average Bonchev–Trinajstić information content (AvgIpc) is 3.35. The van der Waals surface area contributed by atoms with Crippen molar-refractivity contribution < 1.29 is 9.32 Å². The summed E-state index contributed by atoms with van der Waals surface area (Å²) in [6.45, 7) is 4.86. The van der Waals surface area contributed by atoms with E-state index in [1.165, 1.54) is 0 Å². The van der Waals surface area contributed by atoms with Crippen LogP contribution in [0.4, 0.5) is 0 Å². The molecule has 142 valence electrons.